The van der Waals surface area contributed by atoms with Crippen LogP contribution in [0.25, 0.3) is 6.08 Å². The van der Waals surface area contributed by atoms with Gasteiger partial charge in [0.2, 0.25) is 0 Å². The number of hydrogen-bond donors (Lipinski definition) is 5. The highest BCUT2D eigenvalue weighted by Crippen LogP contribution is 2.32. The number of carbonyl (C=O) groups excluding carboxylic acids is 2. The largest absolute Gasteiger partial charge is 0.504 e. The van der Waals surface area contributed by atoms with Crippen LogP contribution >= 0.6 is 0 Å². The number of hydrogen-bond acceptors (Lipinski definition) is 9. The van der Waals surface area contributed by atoms with E-state index >= 15 is 0 Å². The zero-order chi connectivity index (χ0) is 21.6. The molecular formula is C20H26O9. The van der Waals surface area contributed by atoms with Gasteiger partial charge in [-0.3, -0.25) is 0 Å². The van der Waals surface area contributed by atoms with Crippen LogP contribution in [-0.2, 0) is 19.1 Å². The van der Waals surface area contributed by atoms with E-state index in [1.165, 1.54) is 24.3 Å². The highest BCUT2D eigenvalue weighted by molar-refractivity contribution is 5.87. The second kappa shape index (κ2) is 9.73. The van der Waals surface area contributed by atoms with Crippen molar-refractivity contribution in [2.45, 2.75) is 56.5 Å². The zero-order valence-electron chi connectivity index (χ0n) is 16.0. The van der Waals surface area contributed by atoms with Crippen LogP contribution in [0.2, 0.25) is 0 Å². The minimum Gasteiger partial charge on any atom is -0.504 e. The van der Waals surface area contributed by atoms with E-state index in [1.807, 2.05) is 6.92 Å². The van der Waals surface area contributed by atoms with Gasteiger partial charge in [-0.15, -0.1) is 0 Å². The van der Waals surface area contributed by atoms with Gasteiger partial charge < -0.3 is 35.0 Å². The summed E-state index contributed by atoms with van der Waals surface area (Å²) in [5.74, 6) is -2.50. The lowest BCUT2D eigenvalue weighted by Crippen LogP contribution is -2.57. The van der Waals surface area contributed by atoms with E-state index in [2.05, 4.69) is 0 Å². The summed E-state index contributed by atoms with van der Waals surface area (Å²) in [7, 11) is 0. The molecule has 29 heavy (non-hydrogen) atoms. The Kier molecular flexibility index (Phi) is 7.60. The molecule has 0 aliphatic heterocycles. The Bertz CT molecular complexity index is 760. The molecule has 0 heterocycles. The first kappa shape index (κ1) is 22.7. The fraction of sp³-hybridized carbons (Fsp3) is 0.500. The Morgan fingerprint density at radius 1 is 1.21 bits per heavy atom. The van der Waals surface area contributed by atoms with E-state index in [9.17, 15) is 35.1 Å². The minimum absolute atomic E-state index is 0.114. The van der Waals surface area contributed by atoms with Crippen molar-refractivity contribution in [2.24, 2.45) is 0 Å². The minimum atomic E-state index is -2.08. The smallest absolute Gasteiger partial charge is 0.338 e. The quantitative estimate of drug-likeness (QED) is 0.188. The highest BCUT2D eigenvalue weighted by Gasteiger charge is 2.51. The van der Waals surface area contributed by atoms with Crippen molar-refractivity contribution >= 4 is 18.0 Å². The summed E-state index contributed by atoms with van der Waals surface area (Å²) in [6, 6.07) is 3.92. The molecule has 9 nitrogen and oxygen atoms in total. The molecular weight excluding hydrogens is 384 g/mol. The van der Waals surface area contributed by atoms with Gasteiger partial charge in [-0.05, 0) is 30.2 Å². The molecule has 9 heteroatoms. The first-order chi connectivity index (χ1) is 13.7. The van der Waals surface area contributed by atoms with E-state index < -0.39 is 48.7 Å². The summed E-state index contributed by atoms with van der Waals surface area (Å²) in [6.45, 7) is 2.02. The standard InChI is InChI=1S/C20H26O9/c1-2-3-8-28-19(26)20(27)10-15(23)18(25)16(11-20)29-17(24)7-5-12-4-6-13(21)14(22)9-12/h4-7,9,15-16,18,21-23,25,27H,2-3,8,10-11H2,1H3/t15-,16-,18+,20-/m1/s1. The molecule has 0 unspecified atom stereocenters. The van der Waals surface area contributed by atoms with E-state index in [4.69, 9.17) is 9.47 Å². The first-order valence-corrected chi connectivity index (χ1v) is 9.32. The van der Waals surface area contributed by atoms with E-state index in [0.29, 0.717) is 12.0 Å². The molecule has 0 amide bonds. The van der Waals surface area contributed by atoms with Crippen LogP contribution in [0, 0.1) is 0 Å². The summed E-state index contributed by atoms with van der Waals surface area (Å²) in [5, 5.41) is 49.4. The van der Waals surface area contributed by atoms with Crippen molar-refractivity contribution in [2.75, 3.05) is 6.61 Å². The van der Waals surface area contributed by atoms with Crippen molar-refractivity contribution in [1.82, 2.24) is 0 Å². The van der Waals surface area contributed by atoms with Gasteiger partial charge in [0.1, 0.15) is 12.2 Å². The Balaban J connectivity index is 2.03. The third-order valence-corrected chi connectivity index (χ3v) is 4.65. The molecule has 1 aliphatic carbocycles. The fourth-order valence-corrected chi connectivity index (χ4v) is 2.97. The molecule has 1 aliphatic rings. The number of unbranched alkanes of at least 4 members (excludes halogenated alkanes) is 1. The second-order valence-electron chi connectivity index (χ2n) is 7.04. The molecule has 2 rings (SSSR count). The van der Waals surface area contributed by atoms with E-state index in [0.717, 1.165) is 12.5 Å². The Morgan fingerprint density at radius 2 is 1.93 bits per heavy atom. The van der Waals surface area contributed by atoms with Crippen LogP contribution < -0.4 is 0 Å². The van der Waals surface area contributed by atoms with Crippen molar-refractivity contribution in [3.05, 3.63) is 29.8 Å². The van der Waals surface area contributed by atoms with Gasteiger partial charge in [-0.2, -0.15) is 0 Å². The predicted molar refractivity (Wildman–Crippen MR) is 101 cm³/mol. The molecule has 0 radical (unpaired) electrons. The molecule has 0 bridgehead atoms. The Morgan fingerprint density at radius 3 is 2.59 bits per heavy atom. The molecule has 1 aromatic rings. The van der Waals surface area contributed by atoms with Gasteiger partial charge in [0, 0.05) is 18.9 Å². The summed E-state index contributed by atoms with van der Waals surface area (Å²) < 4.78 is 10.1. The second-order valence-corrected chi connectivity index (χ2v) is 7.04. The van der Waals surface area contributed by atoms with Gasteiger partial charge in [0.15, 0.2) is 17.1 Å². The number of rotatable bonds is 7. The summed E-state index contributed by atoms with van der Waals surface area (Å²) in [5.41, 5.74) is -1.68. The number of phenolic OH excluding ortho intramolecular Hbond substituents is 2. The number of ether oxygens (including phenoxy) is 2. The molecule has 0 spiro atoms. The van der Waals surface area contributed by atoms with Gasteiger partial charge in [-0.1, -0.05) is 19.4 Å². The zero-order valence-corrected chi connectivity index (χ0v) is 16.0. The highest BCUT2D eigenvalue weighted by atomic mass is 16.6. The molecule has 5 N–H and O–H groups in total. The van der Waals surface area contributed by atoms with E-state index in [1.54, 1.807) is 0 Å². The molecule has 0 saturated heterocycles. The van der Waals surface area contributed by atoms with Crippen LogP contribution in [0.3, 0.4) is 0 Å². The lowest BCUT2D eigenvalue weighted by atomic mass is 9.79. The molecule has 1 fully saturated rings. The number of aliphatic hydroxyl groups is 3. The molecule has 4 atom stereocenters. The van der Waals surface area contributed by atoms with Crippen molar-refractivity contribution < 1.29 is 44.6 Å². The maximum absolute atomic E-state index is 12.2. The number of benzene rings is 1. The van der Waals surface area contributed by atoms with Crippen molar-refractivity contribution in [1.29, 1.82) is 0 Å². The van der Waals surface area contributed by atoms with Crippen LogP contribution in [-0.4, -0.2) is 68.0 Å². The maximum atomic E-state index is 12.2. The monoisotopic (exact) mass is 410 g/mol. The van der Waals surface area contributed by atoms with Crippen LogP contribution in [0.4, 0.5) is 0 Å². The average molecular weight is 410 g/mol. The van der Waals surface area contributed by atoms with Gasteiger partial charge in [-0.25, -0.2) is 9.59 Å². The van der Waals surface area contributed by atoms with Gasteiger partial charge in [0.25, 0.3) is 0 Å². The van der Waals surface area contributed by atoms with Gasteiger partial charge in [0.05, 0.1) is 12.7 Å². The normalized spacial score (nSPS) is 27.0. The lowest BCUT2D eigenvalue weighted by Gasteiger charge is -2.39. The summed E-state index contributed by atoms with van der Waals surface area (Å²) in [6.07, 6.45) is -1.42. The number of aliphatic hydroxyl groups excluding tert-OH is 2. The molecule has 0 aromatic heterocycles. The molecule has 1 saturated carbocycles. The SMILES string of the molecule is CCCCOC(=O)[C@@]1(O)C[C@@H](O)[C@H](O)[C@H](OC(=O)C=Cc2ccc(O)c(O)c2)C1. The number of esters is 2. The van der Waals surface area contributed by atoms with E-state index in [-0.39, 0.29) is 18.1 Å². The van der Waals surface area contributed by atoms with Gasteiger partial charge >= 0.3 is 11.9 Å². The van der Waals surface area contributed by atoms with Crippen molar-refractivity contribution in [3.8, 4) is 11.5 Å². The van der Waals surface area contributed by atoms with Crippen molar-refractivity contribution in [3.63, 3.8) is 0 Å². The maximum Gasteiger partial charge on any atom is 0.338 e. The lowest BCUT2D eigenvalue weighted by molar-refractivity contribution is -0.200. The average Bonchev–Trinajstić information content (AvgIpc) is 2.67. The van der Waals surface area contributed by atoms with Crippen LogP contribution in [0.5, 0.6) is 11.5 Å². The number of carbonyl (C=O) groups is 2. The first-order valence-electron chi connectivity index (χ1n) is 9.32. The predicted octanol–water partition coefficient (Wildman–Crippen LogP) is 0.613. The Labute approximate surface area is 167 Å². The van der Waals surface area contributed by atoms with Crippen LogP contribution in [0.1, 0.15) is 38.2 Å². The number of aromatic hydroxyl groups is 2. The number of phenols is 2. The fourth-order valence-electron chi connectivity index (χ4n) is 2.97. The summed E-state index contributed by atoms with van der Waals surface area (Å²) in [4.78, 5) is 24.3. The third kappa shape index (κ3) is 5.93. The third-order valence-electron chi connectivity index (χ3n) is 4.65. The molecule has 1 aromatic carbocycles. The van der Waals surface area contributed by atoms with Crippen LogP contribution in [0.15, 0.2) is 24.3 Å². The topological polar surface area (TPSA) is 154 Å². The molecule has 160 valence electrons. The Hall–Kier alpha value is -2.62. The summed E-state index contributed by atoms with van der Waals surface area (Å²) >= 11 is 0.